The Bertz CT molecular complexity index is 713. The van der Waals surface area contributed by atoms with Gasteiger partial charge in [-0.2, -0.15) is 0 Å². The van der Waals surface area contributed by atoms with Crippen LogP contribution in [0.2, 0.25) is 0 Å². The lowest BCUT2D eigenvalue weighted by Gasteiger charge is -2.15. The van der Waals surface area contributed by atoms with E-state index in [9.17, 15) is 9.59 Å². The summed E-state index contributed by atoms with van der Waals surface area (Å²) >= 11 is 0. The summed E-state index contributed by atoms with van der Waals surface area (Å²) in [4.78, 5) is 24.1. The molecular weight excluding hydrogens is 300 g/mol. The maximum Gasteiger partial charge on any atom is 0.228 e. The van der Waals surface area contributed by atoms with Crippen molar-refractivity contribution >= 4 is 23.2 Å². The lowest BCUT2D eigenvalue weighted by Crippen LogP contribution is -2.18. The van der Waals surface area contributed by atoms with Gasteiger partial charge in [0.2, 0.25) is 11.8 Å². The van der Waals surface area contributed by atoms with E-state index in [1.807, 2.05) is 26.0 Å². The Morgan fingerprint density at radius 3 is 2.25 bits per heavy atom. The van der Waals surface area contributed by atoms with Crippen molar-refractivity contribution < 1.29 is 9.59 Å². The normalized spacial score (nSPS) is 21.0. The van der Waals surface area contributed by atoms with Crippen LogP contribution in [0.4, 0.5) is 11.4 Å². The molecule has 0 bridgehead atoms. The summed E-state index contributed by atoms with van der Waals surface area (Å²) in [6.45, 7) is 13.7. The minimum atomic E-state index is -0.114. The summed E-state index contributed by atoms with van der Waals surface area (Å²) in [5.41, 5.74) is 4.62. The minimum Gasteiger partial charge on any atom is -0.326 e. The van der Waals surface area contributed by atoms with E-state index < -0.39 is 0 Å². The third kappa shape index (κ3) is 3.53. The summed E-state index contributed by atoms with van der Waals surface area (Å²) in [5.74, 6) is 0.195. The summed E-state index contributed by atoms with van der Waals surface area (Å²) in [7, 11) is 0. The van der Waals surface area contributed by atoms with E-state index in [0.29, 0.717) is 0 Å². The summed E-state index contributed by atoms with van der Waals surface area (Å²) in [6, 6.07) is 3.82. The molecule has 2 N–H and O–H groups in total. The SMILES string of the molecule is CC(=O)Nc1c(C)ccc(NC(=O)[C@H]2[C@@H](C=C(C)C)C2(C)C)c1C. The molecule has 4 heteroatoms. The van der Waals surface area contributed by atoms with Crippen molar-refractivity contribution in [2.45, 2.75) is 48.5 Å². The first-order chi connectivity index (χ1) is 11.1. The van der Waals surface area contributed by atoms with Gasteiger partial charge in [-0.15, -0.1) is 0 Å². The molecule has 1 aromatic carbocycles. The van der Waals surface area contributed by atoms with E-state index in [1.54, 1.807) is 0 Å². The number of hydrogen-bond acceptors (Lipinski definition) is 2. The van der Waals surface area contributed by atoms with Gasteiger partial charge in [0.15, 0.2) is 0 Å². The van der Waals surface area contributed by atoms with Gasteiger partial charge in [0.05, 0.1) is 5.92 Å². The van der Waals surface area contributed by atoms with Crippen LogP contribution in [0.3, 0.4) is 0 Å². The van der Waals surface area contributed by atoms with E-state index in [1.165, 1.54) is 12.5 Å². The zero-order valence-corrected chi connectivity index (χ0v) is 15.7. The van der Waals surface area contributed by atoms with Gasteiger partial charge in [-0.05, 0) is 56.2 Å². The molecular formula is C20H28N2O2. The van der Waals surface area contributed by atoms with Gasteiger partial charge in [-0.25, -0.2) is 0 Å². The van der Waals surface area contributed by atoms with Crippen LogP contribution in [0.15, 0.2) is 23.8 Å². The van der Waals surface area contributed by atoms with E-state index in [0.717, 1.165) is 22.5 Å². The summed E-state index contributed by atoms with van der Waals surface area (Å²) in [6.07, 6.45) is 2.19. The molecule has 2 atom stereocenters. The fourth-order valence-electron chi connectivity index (χ4n) is 3.41. The third-order valence-corrected chi connectivity index (χ3v) is 4.94. The fourth-order valence-corrected chi connectivity index (χ4v) is 3.41. The van der Waals surface area contributed by atoms with E-state index in [-0.39, 0.29) is 29.1 Å². The predicted octanol–water partition coefficient (Wildman–Crippen LogP) is 4.44. The fraction of sp³-hybridized carbons (Fsp3) is 0.500. The van der Waals surface area contributed by atoms with Crippen LogP contribution in [-0.2, 0) is 9.59 Å². The highest BCUT2D eigenvalue weighted by atomic mass is 16.2. The summed E-state index contributed by atoms with van der Waals surface area (Å²) < 4.78 is 0. The molecule has 0 unspecified atom stereocenters. The van der Waals surface area contributed by atoms with Gasteiger partial charge in [-0.1, -0.05) is 31.6 Å². The second kappa shape index (κ2) is 6.42. The lowest BCUT2D eigenvalue weighted by atomic mass is 10.1. The van der Waals surface area contributed by atoms with Crippen molar-refractivity contribution in [2.75, 3.05) is 10.6 Å². The van der Waals surface area contributed by atoms with Gasteiger partial charge < -0.3 is 10.6 Å². The number of nitrogens with one attached hydrogen (secondary N) is 2. The van der Waals surface area contributed by atoms with Crippen LogP contribution < -0.4 is 10.6 Å². The quantitative estimate of drug-likeness (QED) is 0.803. The third-order valence-electron chi connectivity index (χ3n) is 4.94. The molecule has 0 heterocycles. The van der Waals surface area contributed by atoms with Gasteiger partial charge in [-0.3, -0.25) is 9.59 Å². The second-order valence-corrected chi connectivity index (χ2v) is 7.67. The molecule has 0 aliphatic heterocycles. The Kier molecular flexibility index (Phi) is 4.88. The first kappa shape index (κ1) is 18.2. The molecule has 1 fully saturated rings. The highest BCUT2D eigenvalue weighted by Crippen LogP contribution is 2.59. The highest BCUT2D eigenvalue weighted by molar-refractivity contribution is 5.98. The van der Waals surface area contributed by atoms with Crippen LogP contribution >= 0.6 is 0 Å². The molecule has 1 aliphatic rings. The van der Waals surface area contributed by atoms with Crippen LogP contribution in [0.25, 0.3) is 0 Å². The number of aryl methyl sites for hydroxylation is 1. The van der Waals surface area contributed by atoms with E-state index >= 15 is 0 Å². The number of rotatable bonds is 4. The van der Waals surface area contributed by atoms with Crippen molar-refractivity contribution in [2.24, 2.45) is 17.3 Å². The number of carbonyl (C=O) groups excluding carboxylic acids is 2. The number of amides is 2. The first-order valence-electron chi connectivity index (χ1n) is 8.39. The monoisotopic (exact) mass is 328 g/mol. The van der Waals surface area contributed by atoms with Crippen molar-refractivity contribution in [1.82, 2.24) is 0 Å². The topological polar surface area (TPSA) is 58.2 Å². The predicted molar refractivity (Wildman–Crippen MR) is 99.0 cm³/mol. The standard InChI is InChI=1S/C20H28N2O2/c1-11(2)10-15-17(20(15,6)7)19(24)22-16-9-8-12(3)18(13(16)4)21-14(5)23/h8-10,15,17H,1-7H3,(H,21,23)(H,22,24)/t15-,17-/m1/s1. The zero-order chi connectivity index (χ0) is 18.2. The van der Waals surface area contributed by atoms with E-state index in [4.69, 9.17) is 0 Å². The Balaban J connectivity index is 2.22. The molecule has 1 aromatic rings. The van der Waals surface area contributed by atoms with Gasteiger partial charge in [0.25, 0.3) is 0 Å². The first-order valence-corrected chi connectivity index (χ1v) is 8.39. The largest absolute Gasteiger partial charge is 0.326 e. The molecule has 0 radical (unpaired) electrons. The maximum atomic E-state index is 12.7. The lowest BCUT2D eigenvalue weighted by molar-refractivity contribution is -0.118. The highest BCUT2D eigenvalue weighted by Gasteiger charge is 2.60. The molecule has 0 aromatic heterocycles. The van der Waals surface area contributed by atoms with Crippen LogP contribution in [0, 0.1) is 31.1 Å². The maximum absolute atomic E-state index is 12.7. The van der Waals surface area contributed by atoms with Crippen LogP contribution in [0.1, 0.15) is 45.7 Å². The number of carbonyl (C=O) groups is 2. The van der Waals surface area contributed by atoms with Gasteiger partial charge in [0.1, 0.15) is 0 Å². The van der Waals surface area contributed by atoms with Gasteiger partial charge in [0, 0.05) is 18.3 Å². The zero-order valence-electron chi connectivity index (χ0n) is 15.7. The molecule has 24 heavy (non-hydrogen) atoms. The average Bonchev–Trinajstić information content (AvgIpc) is 2.98. The molecule has 2 rings (SSSR count). The minimum absolute atomic E-state index is 0.0135. The van der Waals surface area contributed by atoms with Crippen LogP contribution in [-0.4, -0.2) is 11.8 Å². The Morgan fingerprint density at radius 1 is 1.08 bits per heavy atom. The Hall–Kier alpha value is -2.10. The smallest absolute Gasteiger partial charge is 0.228 e. The van der Waals surface area contributed by atoms with Crippen molar-refractivity contribution in [3.05, 3.63) is 34.9 Å². The average molecular weight is 328 g/mol. The van der Waals surface area contributed by atoms with Crippen molar-refractivity contribution in [1.29, 1.82) is 0 Å². The van der Waals surface area contributed by atoms with E-state index in [2.05, 4.69) is 44.4 Å². The second-order valence-electron chi connectivity index (χ2n) is 7.67. The summed E-state index contributed by atoms with van der Waals surface area (Å²) in [5, 5.41) is 5.90. The molecule has 1 saturated carbocycles. The number of allylic oxidation sites excluding steroid dienone is 2. The number of anilines is 2. The number of hydrogen-bond donors (Lipinski definition) is 2. The molecule has 2 amide bonds. The molecule has 130 valence electrons. The Labute approximate surface area is 144 Å². The molecule has 4 nitrogen and oxygen atoms in total. The van der Waals surface area contributed by atoms with Crippen molar-refractivity contribution in [3.63, 3.8) is 0 Å². The molecule has 0 spiro atoms. The Morgan fingerprint density at radius 2 is 1.71 bits per heavy atom. The van der Waals surface area contributed by atoms with Crippen LogP contribution in [0.5, 0.6) is 0 Å². The van der Waals surface area contributed by atoms with Crippen molar-refractivity contribution in [3.8, 4) is 0 Å². The molecule has 1 aliphatic carbocycles. The molecule has 0 saturated heterocycles. The number of benzene rings is 1. The van der Waals surface area contributed by atoms with Gasteiger partial charge >= 0.3 is 0 Å².